The molecule has 0 aliphatic carbocycles. The van der Waals surface area contributed by atoms with Crippen LogP contribution in [0.1, 0.15) is 22.0 Å². The van der Waals surface area contributed by atoms with Gasteiger partial charge >= 0.3 is 0 Å². The Morgan fingerprint density at radius 3 is 2.36 bits per heavy atom. The first kappa shape index (κ1) is 16.6. The SMILES string of the molecule is CSc1ccccc1C(=O)NCC(c1ccccc1)N(C)C. The number of nitrogens with zero attached hydrogens (tertiary/aromatic N) is 1. The van der Waals surface area contributed by atoms with Gasteiger partial charge in [-0.15, -0.1) is 11.8 Å². The first-order valence-corrected chi connectivity index (χ1v) is 8.48. The van der Waals surface area contributed by atoms with E-state index in [4.69, 9.17) is 0 Å². The Hall–Kier alpha value is -1.78. The molecular formula is C18H22N2OS. The van der Waals surface area contributed by atoms with Crippen molar-refractivity contribution in [2.45, 2.75) is 10.9 Å². The molecule has 0 heterocycles. The fourth-order valence-electron chi connectivity index (χ4n) is 2.39. The second-order valence-electron chi connectivity index (χ2n) is 5.30. The number of carbonyl (C=O) groups is 1. The Labute approximate surface area is 136 Å². The van der Waals surface area contributed by atoms with E-state index in [2.05, 4.69) is 22.3 Å². The van der Waals surface area contributed by atoms with E-state index in [1.807, 2.05) is 62.8 Å². The summed E-state index contributed by atoms with van der Waals surface area (Å²) in [5.41, 5.74) is 1.94. The normalized spacial score (nSPS) is 12.2. The van der Waals surface area contributed by atoms with Crippen molar-refractivity contribution in [1.82, 2.24) is 10.2 Å². The summed E-state index contributed by atoms with van der Waals surface area (Å²) >= 11 is 1.59. The molecule has 0 aromatic heterocycles. The lowest BCUT2D eigenvalue weighted by Crippen LogP contribution is -2.34. The topological polar surface area (TPSA) is 32.3 Å². The van der Waals surface area contributed by atoms with E-state index in [9.17, 15) is 4.79 Å². The van der Waals surface area contributed by atoms with Crippen LogP contribution in [0.15, 0.2) is 59.5 Å². The van der Waals surface area contributed by atoms with Crippen LogP contribution in [0.2, 0.25) is 0 Å². The summed E-state index contributed by atoms with van der Waals surface area (Å²) in [5.74, 6) is -0.0206. The van der Waals surface area contributed by atoms with Crippen LogP contribution in [0.5, 0.6) is 0 Å². The molecule has 0 saturated heterocycles. The lowest BCUT2D eigenvalue weighted by atomic mass is 10.1. The molecule has 2 rings (SSSR count). The quantitative estimate of drug-likeness (QED) is 0.829. The Bertz CT molecular complexity index is 613. The van der Waals surface area contributed by atoms with E-state index in [1.165, 1.54) is 5.56 Å². The van der Waals surface area contributed by atoms with Gasteiger partial charge in [-0.2, -0.15) is 0 Å². The van der Waals surface area contributed by atoms with Gasteiger partial charge in [0, 0.05) is 11.4 Å². The Morgan fingerprint density at radius 1 is 1.09 bits per heavy atom. The molecule has 0 spiro atoms. The Balaban J connectivity index is 2.08. The molecule has 1 N–H and O–H groups in total. The minimum atomic E-state index is -0.0206. The molecule has 2 aromatic carbocycles. The predicted molar refractivity (Wildman–Crippen MR) is 93.4 cm³/mol. The molecule has 0 aliphatic heterocycles. The largest absolute Gasteiger partial charge is 0.350 e. The van der Waals surface area contributed by atoms with E-state index in [-0.39, 0.29) is 11.9 Å². The summed E-state index contributed by atoms with van der Waals surface area (Å²) in [6, 6.07) is 18.1. The van der Waals surface area contributed by atoms with E-state index < -0.39 is 0 Å². The summed E-state index contributed by atoms with van der Waals surface area (Å²) in [7, 11) is 4.05. The van der Waals surface area contributed by atoms with Gasteiger partial charge in [-0.3, -0.25) is 4.79 Å². The third-order valence-electron chi connectivity index (χ3n) is 3.62. The number of amides is 1. The smallest absolute Gasteiger partial charge is 0.252 e. The van der Waals surface area contributed by atoms with Crippen LogP contribution in [0.25, 0.3) is 0 Å². The molecule has 0 aliphatic rings. The van der Waals surface area contributed by atoms with Crippen LogP contribution in [0.3, 0.4) is 0 Å². The van der Waals surface area contributed by atoms with Gasteiger partial charge in [-0.1, -0.05) is 42.5 Å². The summed E-state index contributed by atoms with van der Waals surface area (Å²) in [6.45, 7) is 0.582. The average molecular weight is 314 g/mol. The highest BCUT2D eigenvalue weighted by molar-refractivity contribution is 7.98. The van der Waals surface area contributed by atoms with Crippen LogP contribution in [-0.4, -0.2) is 37.7 Å². The van der Waals surface area contributed by atoms with E-state index in [0.717, 1.165) is 10.5 Å². The molecule has 1 unspecified atom stereocenters. The number of hydrogen-bond acceptors (Lipinski definition) is 3. The first-order chi connectivity index (χ1) is 10.6. The Morgan fingerprint density at radius 2 is 1.73 bits per heavy atom. The van der Waals surface area contributed by atoms with Crippen molar-refractivity contribution in [1.29, 1.82) is 0 Å². The maximum atomic E-state index is 12.4. The van der Waals surface area contributed by atoms with Gasteiger partial charge < -0.3 is 10.2 Å². The molecule has 22 heavy (non-hydrogen) atoms. The van der Waals surface area contributed by atoms with Gasteiger partial charge in [0.2, 0.25) is 0 Å². The van der Waals surface area contributed by atoms with Gasteiger partial charge in [0.25, 0.3) is 5.91 Å². The summed E-state index contributed by atoms with van der Waals surface area (Å²) in [6.07, 6.45) is 1.98. The molecule has 1 amide bonds. The fourth-order valence-corrected chi connectivity index (χ4v) is 2.99. The van der Waals surface area contributed by atoms with Crippen molar-refractivity contribution in [3.05, 3.63) is 65.7 Å². The molecule has 3 nitrogen and oxygen atoms in total. The number of nitrogens with one attached hydrogen (secondary N) is 1. The predicted octanol–water partition coefficient (Wildman–Crippen LogP) is 3.44. The third-order valence-corrected chi connectivity index (χ3v) is 4.41. The van der Waals surface area contributed by atoms with Crippen LogP contribution in [0, 0.1) is 0 Å². The van der Waals surface area contributed by atoms with Crippen molar-refractivity contribution >= 4 is 17.7 Å². The molecule has 1 atom stereocenters. The van der Waals surface area contributed by atoms with Gasteiger partial charge in [-0.25, -0.2) is 0 Å². The summed E-state index contributed by atoms with van der Waals surface area (Å²) in [5, 5.41) is 3.06. The van der Waals surface area contributed by atoms with Crippen molar-refractivity contribution < 1.29 is 4.79 Å². The molecule has 4 heteroatoms. The van der Waals surface area contributed by atoms with E-state index >= 15 is 0 Å². The highest BCUT2D eigenvalue weighted by Crippen LogP contribution is 2.21. The second kappa shape index (κ2) is 8.01. The van der Waals surface area contributed by atoms with Crippen molar-refractivity contribution in [2.75, 3.05) is 26.9 Å². The Kier molecular flexibility index (Phi) is 6.04. The summed E-state index contributed by atoms with van der Waals surface area (Å²) in [4.78, 5) is 15.6. The van der Waals surface area contributed by atoms with Gasteiger partial charge in [0.15, 0.2) is 0 Å². The van der Waals surface area contributed by atoms with Crippen LogP contribution in [-0.2, 0) is 0 Å². The zero-order valence-electron chi connectivity index (χ0n) is 13.2. The third kappa shape index (κ3) is 4.12. The lowest BCUT2D eigenvalue weighted by molar-refractivity contribution is 0.0939. The molecular weight excluding hydrogens is 292 g/mol. The number of thioether (sulfide) groups is 1. The zero-order valence-corrected chi connectivity index (χ0v) is 14.1. The molecule has 0 fully saturated rings. The first-order valence-electron chi connectivity index (χ1n) is 7.26. The molecule has 0 saturated carbocycles. The summed E-state index contributed by atoms with van der Waals surface area (Å²) < 4.78 is 0. The zero-order chi connectivity index (χ0) is 15.9. The lowest BCUT2D eigenvalue weighted by Gasteiger charge is -2.25. The second-order valence-corrected chi connectivity index (χ2v) is 6.15. The fraction of sp³-hybridized carbons (Fsp3) is 0.278. The minimum absolute atomic E-state index is 0.0206. The number of carbonyl (C=O) groups excluding carboxylic acids is 1. The number of rotatable bonds is 6. The average Bonchev–Trinajstić information content (AvgIpc) is 2.55. The number of benzene rings is 2. The number of likely N-dealkylation sites (N-methyl/N-ethyl adjacent to an activating group) is 1. The van der Waals surface area contributed by atoms with Crippen molar-refractivity contribution in [3.63, 3.8) is 0 Å². The van der Waals surface area contributed by atoms with Crippen molar-refractivity contribution in [3.8, 4) is 0 Å². The minimum Gasteiger partial charge on any atom is -0.350 e. The van der Waals surface area contributed by atoms with Gasteiger partial charge in [0.05, 0.1) is 11.6 Å². The van der Waals surface area contributed by atoms with Gasteiger partial charge in [0.1, 0.15) is 0 Å². The molecule has 0 bridgehead atoms. The van der Waals surface area contributed by atoms with Gasteiger partial charge in [-0.05, 0) is 38.0 Å². The van der Waals surface area contributed by atoms with Crippen LogP contribution in [0.4, 0.5) is 0 Å². The van der Waals surface area contributed by atoms with E-state index in [1.54, 1.807) is 11.8 Å². The molecule has 116 valence electrons. The molecule has 2 aromatic rings. The maximum Gasteiger partial charge on any atom is 0.252 e. The monoisotopic (exact) mass is 314 g/mol. The van der Waals surface area contributed by atoms with E-state index in [0.29, 0.717) is 6.54 Å². The number of hydrogen-bond donors (Lipinski definition) is 1. The van der Waals surface area contributed by atoms with Crippen LogP contribution >= 0.6 is 11.8 Å². The highest BCUT2D eigenvalue weighted by atomic mass is 32.2. The maximum absolute atomic E-state index is 12.4. The standard InChI is InChI=1S/C18H22N2OS/c1-20(2)16(14-9-5-4-6-10-14)13-19-18(21)15-11-7-8-12-17(15)22-3/h4-12,16H,13H2,1-3H3,(H,19,21). The van der Waals surface area contributed by atoms with Crippen molar-refractivity contribution in [2.24, 2.45) is 0 Å². The molecule has 0 radical (unpaired) electrons. The van der Waals surface area contributed by atoms with Crippen LogP contribution < -0.4 is 5.32 Å². The highest BCUT2D eigenvalue weighted by Gasteiger charge is 2.16.